The molecule has 138 valence electrons. The van der Waals surface area contributed by atoms with E-state index in [0.717, 1.165) is 24.9 Å². The van der Waals surface area contributed by atoms with E-state index in [9.17, 15) is 24.0 Å². The summed E-state index contributed by atoms with van der Waals surface area (Å²) in [5, 5.41) is 1.88. The average molecular weight is 354 g/mol. The molecule has 0 radical (unpaired) electrons. The molecule has 0 aromatic heterocycles. The summed E-state index contributed by atoms with van der Waals surface area (Å²) in [7, 11) is 1.10. The lowest BCUT2D eigenvalue weighted by Crippen LogP contribution is -2.40. The summed E-state index contributed by atoms with van der Waals surface area (Å²) in [6, 6.07) is 0. The molecule has 25 heavy (non-hydrogen) atoms. The van der Waals surface area contributed by atoms with Crippen molar-refractivity contribution in [3.63, 3.8) is 0 Å². The number of hydrogen-bond acceptors (Lipinski definition) is 7. The number of esters is 1. The molecule has 2 aliphatic rings. The van der Waals surface area contributed by atoms with Gasteiger partial charge in [0.05, 0.1) is 25.4 Å². The molecule has 2 rings (SSSR count). The summed E-state index contributed by atoms with van der Waals surface area (Å²) in [5.41, 5.74) is 0. The molecule has 2 fully saturated rings. The van der Waals surface area contributed by atoms with Crippen LogP contribution in [0.2, 0.25) is 0 Å². The van der Waals surface area contributed by atoms with Gasteiger partial charge in [0.25, 0.3) is 5.91 Å². The monoisotopic (exact) mass is 354 g/mol. The molecule has 9 heteroatoms. The summed E-state index contributed by atoms with van der Waals surface area (Å²) in [6.07, 6.45) is 0.934. The molecule has 1 aliphatic heterocycles. The maximum Gasteiger partial charge on any atom is 0.413 e. The van der Waals surface area contributed by atoms with Crippen LogP contribution >= 0.6 is 0 Å². The van der Waals surface area contributed by atoms with Crippen molar-refractivity contribution >= 4 is 29.8 Å². The van der Waals surface area contributed by atoms with Gasteiger partial charge >= 0.3 is 12.1 Å². The van der Waals surface area contributed by atoms with Crippen molar-refractivity contribution in [3.8, 4) is 0 Å². The van der Waals surface area contributed by atoms with Gasteiger partial charge in [-0.05, 0) is 19.8 Å². The second-order valence-electron chi connectivity index (χ2n) is 6.19. The number of likely N-dealkylation sites (tertiary alicyclic amines) is 1. The summed E-state index contributed by atoms with van der Waals surface area (Å²) in [4.78, 5) is 60.0. The molecule has 0 unspecified atom stereocenters. The van der Waals surface area contributed by atoms with Gasteiger partial charge in [-0.1, -0.05) is 12.8 Å². The predicted molar refractivity (Wildman–Crippen MR) is 82.9 cm³/mol. The fraction of sp³-hybridized carbons (Fsp3) is 0.688. The third-order valence-electron chi connectivity index (χ3n) is 4.56. The van der Waals surface area contributed by atoms with E-state index < -0.39 is 24.1 Å². The number of rotatable bonds is 5. The van der Waals surface area contributed by atoms with E-state index in [-0.39, 0.29) is 36.6 Å². The molecule has 1 saturated carbocycles. The van der Waals surface area contributed by atoms with Gasteiger partial charge in [-0.3, -0.25) is 29.4 Å². The van der Waals surface area contributed by atoms with Gasteiger partial charge in [0, 0.05) is 6.54 Å². The van der Waals surface area contributed by atoms with Crippen LogP contribution in [0.3, 0.4) is 0 Å². The van der Waals surface area contributed by atoms with Gasteiger partial charge in [-0.15, -0.1) is 0 Å². The Labute approximate surface area is 145 Å². The van der Waals surface area contributed by atoms with Crippen molar-refractivity contribution < 1.29 is 33.4 Å². The van der Waals surface area contributed by atoms with Crippen molar-refractivity contribution in [3.05, 3.63) is 0 Å². The zero-order valence-electron chi connectivity index (χ0n) is 14.3. The Kier molecular flexibility index (Phi) is 6.11. The van der Waals surface area contributed by atoms with E-state index in [1.54, 1.807) is 0 Å². The molecule has 0 aromatic carbocycles. The van der Waals surface area contributed by atoms with Gasteiger partial charge < -0.3 is 9.47 Å². The number of alkyl carbamates (subject to hydrolysis) is 1. The quantitative estimate of drug-likeness (QED) is 0.559. The molecule has 1 saturated heterocycles. The van der Waals surface area contributed by atoms with E-state index in [0.29, 0.717) is 12.8 Å². The largest absolute Gasteiger partial charge is 0.453 e. The number of amides is 4. The highest BCUT2D eigenvalue weighted by molar-refractivity contribution is 6.05. The fourth-order valence-corrected chi connectivity index (χ4v) is 3.22. The minimum Gasteiger partial charge on any atom is -0.453 e. The standard InChI is InChI=1S/C16H22N2O7/c1-9(13(20)17-16(23)24-2)25-12(19)7-8-18-14(21)10-5-3-4-6-11(10)15(18)22/h9-11H,3-8H2,1-2H3,(H,17,20,23)/t9-,10-,11+/m0/s1. The Balaban J connectivity index is 1.81. The zero-order chi connectivity index (χ0) is 18.6. The Morgan fingerprint density at radius 1 is 1.16 bits per heavy atom. The summed E-state index contributed by atoms with van der Waals surface area (Å²) in [6.45, 7) is 1.24. The fourth-order valence-electron chi connectivity index (χ4n) is 3.22. The molecule has 0 aromatic rings. The van der Waals surface area contributed by atoms with Gasteiger partial charge in [-0.25, -0.2) is 4.79 Å². The highest BCUT2D eigenvalue weighted by Gasteiger charge is 2.47. The van der Waals surface area contributed by atoms with Crippen LogP contribution in [-0.2, 0) is 28.7 Å². The number of ether oxygens (including phenoxy) is 2. The molecule has 9 nitrogen and oxygen atoms in total. The first-order chi connectivity index (χ1) is 11.8. The van der Waals surface area contributed by atoms with Crippen molar-refractivity contribution in [2.24, 2.45) is 11.8 Å². The third-order valence-corrected chi connectivity index (χ3v) is 4.56. The SMILES string of the molecule is COC(=O)NC(=O)[C@H](C)OC(=O)CCN1C(=O)[C@H]2CCCC[C@H]2C1=O. The first-order valence-corrected chi connectivity index (χ1v) is 8.28. The Hall–Kier alpha value is -2.45. The lowest BCUT2D eigenvalue weighted by Gasteiger charge is -2.19. The number of nitrogens with zero attached hydrogens (tertiary/aromatic N) is 1. The first-order valence-electron chi connectivity index (χ1n) is 8.28. The smallest absolute Gasteiger partial charge is 0.413 e. The predicted octanol–water partition coefficient (Wildman–Crippen LogP) is 0.366. The number of carbonyl (C=O) groups excluding carboxylic acids is 5. The second-order valence-corrected chi connectivity index (χ2v) is 6.19. The molecule has 1 heterocycles. The maximum absolute atomic E-state index is 12.3. The average Bonchev–Trinajstić information content (AvgIpc) is 2.84. The van der Waals surface area contributed by atoms with Crippen LogP contribution in [0.4, 0.5) is 4.79 Å². The van der Waals surface area contributed by atoms with Gasteiger partial charge in [0.15, 0.2) is 6.10 Å². The van der Waals surface area contributed by atoms with Crippen molar-refractivity contribution in [1.82, 2.24) is 10.2 Å². The Bertz CT molecular complexity index is 565. The molecular weight excluding hydrogens is 332 g/mol. The first kappa shape index (κ1) is 18.9. The molecule has 3 atom stereocenters. The molecule has 1 aliphatic carbocycles. The van der Waals surface area contributed by atoms with E-state index in [1.165, 1.54) is 6.92 Å². The zero-order valence-corrected chi connectivity index (χ0v) is 14.3. The molecule has 0 spiro atoms. The van der Waals surface area contributed by atoms with Crippen LogP contribution in [0.15, 0.2) is 0 Å². The molecule has 0 bridgehead atoms. The highest BCUT2D eigenvalue weighted by atomic mass is 16.6. The Morgan fingerprint density at radius 3 is 2.24 bits per heavy atom. The highest BCUT2D eigenvalue weighted by Crippen LogP contribution is 2.37. The van der Waals surface area contributed by atoms with Gasteiger partial charge in [0.1, 0.15) is 0 Å². The van der Waals surface area contributed by atoms with Crippen LogP contribution in [0.1, 0.15) is 39.0 Å². The van der Waals surface area contributed by atoms with E-state index >= 15 is 0 Å². The third kappa shape index (κ3) is 4.34. The maximum atomic E-state index is 12.3. The Morgan fingerprint density at radius 2 is 1.72 bits per heavy atom. The van der Waals surface area contributed by atoms with E-state index in [1.807, 2.05) is 5.32 Å². The van der Waals surface area contributed by atoms with Crippen LogP contribution in [0, 0.1) is 11.8 Å². The van der Waals surface area contributed by atoms with Gasteiger partial charge in [0.2, 0.25) is 11.8 Å². The minimum absolute atomic E-state index is 0.0607. The number of hydrogen-bond donors (Lipinski definition) is 1. The van der Waals surface area contributed by atoms with Crippen molar-refractivity contribution in [2.45, 2.75) is 45.1 Å². The van der Waals surface area contributed by atoms with E-state index in [4.69, 9.17) is 4.74 Å². The number of carbonyl (C=O) groups is 5. The van der Waals surface area contributed by atoms with Crippen LogP contribution in [0.5, 0.6) is 0 Å². The number of methoxy groups -OCH3 is 1. The van der Waals surface area contributed by atoms with E-state index in [2.05, 4.69) is 4.74 Å². The lowest BCUT2D eigenvalue weighted by atomic mass is 9.81. The molecule has 1 N–H and O–H groups in total. The molecular formula is C16H22N2O7. The normalized spacial score (nSPS) is 23.7. The molecule has 4 amide bonds. The minimum atomic E-state index is -1.20. The number of imide groups is 2. The van der Waals surface area contributed by atoms with Crippen LogP contribution in [0.25, 0.3) is 0 Å². The summed E-state index contributed by atoms with van der Waals surface area (Å²) >= 11 is 0. The second kappa shape index (κ2) is 8.09. The lowest BCUT2D eigenvalue weighted by molar-refractivity contribution is -0.155. The van der Waals surface area contributed by atoms with Crippen molar-refractivity contribution in [1.29, 1.82) is 0 Å². The summed E-state index contributed by atoms with van der Waals surface area (Å²) in [5.74, 6) is -2.52. The van der Waals surface area contributed by atoms with Gasteiger partial charge in [-0.2, -0.15) is 0 Å². The van der Waals surface area contributed by atoms with Crippen LogP contribution in [-0.4, -0.2) is 54.4 Å². The number of nitrogens with one attached hydrogen (secondary N) is 1. The van der Waals surface area contributed by atoms with Crippen molar-refractivity contribution in [2.75, 3.05) is 13.7 Å². The van der Waals surface area contributed by atoms with Crippen LogP contribution < -0.4 is 5.32 Å². The summed E-state index contributed by atoms with van der Waals surface area (Å²) < 4.78 is 9.17. The number of fused-ring (bicyclic) bond motifs is 1. The topological polar surface area (TPSA) is 119 Å².